The topological polar surface area (TPSA) is 33.6 Å². The highest BCUT2D eigenvalue weighted by atomic mass is 32.1. The van der Waals surface area contributed by atoms with E-state index >= 15 is 0 Å². The van der Waals surface area contributed by atoms with Crippen molar-refractivity contribution in [2.75, 3.05) is 0 Å². The van der Waals surface area contributed by atoms with Crippen molar-refractivity contribution in [2.24, 2.45) is 7.05 Å². The molecule has 1 aliphatic rings. The molecule has 1 fully saturated rings. The summed E-state index contributed by atoms with van der Waals surface area (Å²) in [6.07, 6.45) is 4.66. The second-order valence-electron chi connectivity index (χ2n) is 4.71. The molecule has 3 heterocycles. The fourth-order valence-electron chi connectivity index (χ4n) is 2.33. The van der Waals surface area contributed by atoms with Crippen LogP contribution in [0.1, 0.15) is 24.5 Å². The van der Waals surface area contributed by atoms with E-state index in [1.54, 1.807) is 11.3 Å². The van der Waals surface area contributed by atoms with Gasteiger partial charge in [0.15, 0.2) is 5.82 Å². The maximum atomic E-state index is 4.71. The Kier molecular flexibility index (Phi) is 1.80. The third-order valence-corrected chi connectivity index (χ3v) is 4.35. The van der Waals surface area contributed by atoms with Crippen LogP contribution in [-0.4, -0.2) is 14.5 Å². The first kappa shape index (κ1) is 9.48. The molecular formula is C13H13N3S. The molecule has 1 saturated carbocycles. The highest BCUT2D eigenvalue weighted by Crippen LogP contribution is 2.40. The van der Waals surface area contributed by atoms with Crippen molar-refractivity contribution in [1.29, 1.82) is 0 Å². The number of aryl methyl sites for hydroxylation is 1. The molecule has 0 radical (unpaired) electrons. The molecule has 0 aromatic carbocycles. The van der Waals surface area contributed by atoms with Crippen LogP contribution in [0, 0.1) is 0 Å². The molecule has 17 heavy (non-hydrogen) atoms. The monoisotopic (exact) mass is 243 g/mol. The number of aromatic nitrogens is 3. The van der Waals surface area contributed by atoms with Gasteiger partial charge in [-0.25, -0.2) is 4.98 Å². The summed E-state index contributed by atoms with van der Waals surface area (Å²) in [7, 11) is 2.10. The summed E-state index contributed by atoms with van der Waals surface area (Å²) >= 11 is 1.78. The normalized spacial score (nSPS) is 15.8. The molecule has 3 aromatic heterocycles. The summed E-state index contributed by atoms with van der Waals surface area (Å²) in [4.78, 5) is 8.01. The van der Waals surface area contributed by atoms with Crippen molar-refractivity contribution >= 4 is 21.6 Å². The Morgan fingerprint density at radius 2 is 2.35 bits per heavy atom. The summed E-state index contributed by atoms with van der Waals surface area (Å²) in [5.41, 5.74) is 3.69. The smallest absolute Gasteiger partial charge is 0.154 e. The Morgan fingerprint density at radius 3 is 3.12 bits per heavy atom. The van der Waals surface area contributed by atoms with Crippen molar-refractivity contribution in [3.63, 3.8) is 0 Å². The van der Waals surface area contributed by atoms with E-state index in [4.69, 9.17) is 4.98 Å². The number of H-pyrrole nitrogens is 1. The minimum Gasteiger partial charge on any atom is -0.343 e. The minimum absolute atomic E-state index is 0.710. The standard InChI is InChI=1S/C13H13N3S/c1-16-10-4-5-17-12(10)6-11(16)13-14-7-9(15-13)8-2-3-8/h4-8H,2-3H2,1H3,(H,14,15). The number of nitrogens with one attached hydrogen (secondary N) is 1. The molecule has 0 amide bonds. The zero-order chi connectivity index (χ0) is 11.4. The SMILES string of the molecule is Cn1c(-c2nc(C3CC3)c[nH]2)cc2sccc21. The van der Waals surface area contributed by atoms with Gasteiger partial charge in [-0.3, -0.25) is 0 Å². The average Bonchev–Trinajstić information content (AvgIpc) is 2.77. The number of aromatic amines is 1. The zero-order valence-corrected chi connectivity index (χ0v) is 10.4. The van der Waals surface area contributed by atoms with E-state index in [-0.39, 0.29) is 0 Å². The van der Waals surface area contributed by atoms with Gasteiger partial charge in [-0.15, -0.1) is 11.3 Å². The number of nitrogens with zero attached hydrogens (tertiary/aromatic N) is 2. The van der Waals surface area contributed by atoms with Gasteiger partial charge in [-0.05, 0) is 30.4 Å². The third kappa shape index (κ3) is 1.37. The fourth-order valence-corrected chi connectivity index (χ4v) is 3.18. The molecule has 0 bridgehead atoms. The van der Waals surface area contributed by atoms with E-state index in [1.165, 1.54) is 34.4 Å². The van der Waals surface area contributed by atoms with Crippen molar-refractivity contribution in [2.45, 2.75) is 18.8 Å². The van der Waals surface area contributed by atoms with Crippen LogP contribution in [-0.2, 0) is 7.05 Å². The van der Waals surface area contributed by atoms with E-state index < -0.39 is 0 Å². The quantitative estimate of drug-likeness (QED) is 0.734. The largest absolute Gasteiger partial charge is 0.343 e. The first-order valence-electron chi connectivity index (χ1n) is 5.91. The Hall–Kier alpha value is -1.55. The van der Waals surface area contributed by atoms with Gasteiger partial charge >= 0.3 is 0 Å². The predicted molar refractivity (Wildman–Crippen MR) is 70.4 cm³/mol. The highest BCUT2D eigenvalue weighted by molar-refractivity contribution is 7.17. The fraction of sp³-hybridized carbons (Fsp3) is 0.308. The van der Waals surface area contributed by atoms with Crippen molar-refractivity contribution < 1.29 is 0 Å². The van der Waals surface area contributed by atoms with Gasteiger partial charge in [-0.1, -0.05) is 0 Å². The summed E-state index contributed by atoms with van der Waals surface area (Å²) in [5.74, 6) is 1.71. The first-order chi connectivity index (χ1) is 8.33. The Labute approximate surface area is 103 Å². The summed E-state index contributed by atoms with van der Waals surface area (Å²) in [6, 6.07) is 4.38. The molecule has 3 aromatic rings. The van der Waals surface area contributed by atoms with Gasteiger partial charge < -0.3 is 9.55 Å². The summed E-state index contributed by atoms with van der Waals surface area (Å²) in [6.45, 7) is 0. The number of imidazole rings is 1. The first-order valence-corrected chi connectivity index (χ1v) is 6.79. The molecular weight excluding hydrogens is 230 g/mol. The van der Waals surface area contributed by atoms with Gasteiger partial charge in [0.05, 0.1) is 21.6 Å². The van der Waals surface area contributed by atoms with E-state index in [9.17, 15) is 0 Å². The number of fused-ring (bicyclic) bond motifs is 1. The van der Waals surface area contributed by atoms with Gasteiger partial charge in [0.25, 0.3) is 0 Å². The van der Waals surface area contributed by atoms with Crippen LogP contribution in [0.2, 0.25) is 0 Å². The molecule has 4 rings (SSSR count). The van der Waals surface area contributed by atoms with Crippen LogP contribution in [0.25, 0.3) is 21.7 Å². The van der Waals surface area contributed by atoms with Crippen LogP contribution in [0.5, 0.6) is 0 Å². The molecule has 0 aliphatic heterocycles. The summed E-state index contributed by atoms with van der Waals surface area (Å²) in [5, 5.41) is 2.13. The van der Waals surface area contributed by atoms with Crippen LogP contribution in [0.3, 0.4) is 0 Å². The van der Waals surface area contributed by atoms with Crippen molar-refractivity contribution in [3.05, 3.63) is 29.4 Å². The van der Waals surface area contributed by atoms with E-state index in [1.807, 2.05) is 0 Å². The maximum absolute atomic E-state index is 4.71. The van der Waals surface area contributed by atoms with Gasteiger partial charge in [-0.2, -0.15) is 0 Å². The number of thiophene rings is 1. The Morgan fingerprint density at radius 1 is 1.47 bits per heavy atom. The molecule has 4 heteroatoms. The second-order valence-corrected chi connectivity index (χ2v) is 5.65. The van der Waals surface area contributed by atoms with Crippen LogP contribution < -0.4 is 0 Å². The van der Waals surface area contributed by atoms with E-state index in [0.717, 1.165) is 5.82 Å². The number of hydrogen-bond acceptors (Lipinski definition) is 2. The lowest BCUT2D eigenvalue weighted by Crippen LogP contribution is -1.92. The second kappa shape index (κ2) is 3.23. The van der Waals surface area contributed by atoms with Crippen LogP contribution in [0.15, 0.2) is 23.7 Å². The molecule has 3 nitrogen and oxygen atoms in total. The summed E-state index contributed by atoms with van der Waals surface area (Å²) < 4.78 is 3.54. The molecule has 0 saturated heterocycles. The maximum Gasteiger partial charge on any atom is 0.154 e. The lowest BCUT2D eigenvalue weighted by atomic mass is 10.3. The molecule has 0 spiro atoms. The predicted octanol–water partition coefficient (Wildman–Crippen LogP) is 3.51. The van der Waals surface area contributed by atoms with Crippen LogP contribution in [0.4, 0.5) is 0 Å². The third-order valence-electron chi connectivity index (χ3n) is 3.50. The van der Waals surface area contributed by atoms with Gasteiger partial charge in [0, 0.05) is 19.2 Å². The van der Waals surface area contributed by atoms with Crippen LogP contribution >= 0.6 is 11.3 Å². The molecule has 86 valence electrons. The molecule has 1 N–H and O–H groups in total. The van der Waals surface area contributed by atoms with E-state index in [0.29, 0.717) is 5.92 Å². The minimum atomic E-state index is 0.710. The van der Waals surface area contributed by atoms with Crippen molar-refractivity contribution in [1.82, 2.24) is 14.5 Å². The Bertz CT molecular complexity index is 684. The lowest BCUT2D eigenvalue weighted by Gasteiger charge is -1.99. The van der Waals surface area contributed by atoms with Crippen molar-refractivity contribution in [3.8, 4) is 11.5 Å². The molecule has 0 atom stereocenters. The van der Waals surface area contributed by atoms with E-state index in [2.05, 4.69) is 40.3 Å². The Balaban J connectivity index is 1.85. The van der Waals surface area contributed by atoms with Gasteiger partial charge in [0.1, 0.15) is 0 Å². The zero-order valence-electron chi connectivity index (χ0n) is 9.60. The molecule has 1 aliphatic carbocycles. The number of rotatable bonds is 2. The molecule has 0 unspecified atom stereocenters. The number of hydrogen-bond donors (Lipinski definition) is 1. The van der Waals surface area contributed by atoms with Gasteiger partial charge in [0.2, 0.25) is 0 Å². The lowest BCUT2D eigenvalue weighted by molar-refractivity contribution is 0.961. The average molecular weight is 243 g/mol. The highest BCUT2D eigenvalue weighted by Gasteiger charge is 2.26.